The second-order valence-electron chi connectivity index (χ2n) is 6.02. The van der Waals surface area contributed by atoms with Gasteiger partial charge < -0.3 is 10.2 Å². The minimum atomic E-state index is -0.261. The largest absolute Gasteiger partial charge is 0.352 e. The van der Waals surface area contributed by atoms with Crippen molar-refractivity contribution in [3.63, 3.8) is 0 Å². The molecule has 0 atom stereocenters. The van der Waals surface area contributed by atoms with Crippen molar-refractivity contribution in [1.29, 1.82) is 0 Å². The van der Waals surface area contributed by atoms with Gasteiger partial charge in [-0.15, -0.1) is 0 Å². The molecule has 1 aliphatic heterocycles. The first-order chi connectivity index (χ1) is 12.1. The zero-order chi connectivity index (χ0) is 17.4. The Kier molecular flexibility index (Phi) is 4.31. The number of rotatable bonds is 4. The van der Waals surface area contributed by atoms with Crippen LogP contribution in [0.25, 0.3) is 10.2 Å². The molecule has 1 aromatic heterocycles. The molecule has 1 saturated heterocycles. The van der Waals surface area contributed by atoms with E-state index in [0.717, 1.165) is 20.9 Å². The van der Waals surface area contributed by atoms with Gasteiger partial charge in [-0.05, 0) is 29.8 Å². The van der Waals surface area contributed by atoms with Crippen molar-refractivity contribution >= 4 is 44.2 Å². The van der Waals surface area contributed by atoms with Crippen LogP contribution < -0.4 is 10.2 Å². The number of hydrogen-bond donors (Lipinski definition) is 1. The molecule has 3 aromatic rings. The zero-order valence-electron chi connectivity index (χ0n) is 13.2. The Hall–Kier alpha value is -2.18. The number of nitrogens with one attached hydrogen (secondary N) is 1. The number of aromatic nitrogens is 1. The lowest BCUT2D eigenvalue weighted by Crippen LogP contribution is -2.53. The number of benzene rings is 2. The number of carbonyl (C=O) groups is 1. The summed E-state index contributed by atoms with van der Waals surface area (Å²) in [7, 11) is 0. The summed E-state index contributed by atoms with van der Waals surface area (Å²) < 4.78 is 14.1. The highest BCUT2D eigenvalue weighted by atomic mass is 35.5. The monoisotopic (exact) mass is 375 g/mol. The van der Waals surface area contributed by atoms with Crippen LogP contribution in [0.2, 0.25) is 5.02 Å². The molecule has 7 heteroatoms. The van der Waals surface area contributed by atoms with E-state index in [0.29, 0.717) is 24.7 Å². The van der Waals surface area contributed by atoms with Gasteiger partial charge in [0.2, 0.25) is 5.91 Å². The number of carbonyl (C=O) groups excluding carboxylic acids is 1. The smallest absolute Gasteiger partial charge is 0.226 e. The summed E-state index contributed by atoms with van der Waals surface area (Å²) >= 11 is 7.54. The number of nitrogens with zero attached hydrogens (tertiary/aromatic N) is 2. The highest BCUT2D eigenvalue weighted by Gasteiger charge is 2.34. The van der Waals surface area contributed by atoms with Crippen molar-refractivity contribution < 1.29 is 9.18 Å². The number of halogens is 2. The Bertz CT molecular complexity index is 939. The van der Waals surface area contributed by atoms with Gasteiger partial charge in [0.15, 0.2) is 5.13 Å². The van der Waals surface area contributed by atoms with Gasteiger partial charge in [-0.25, -0.2) is 9.37 Å². The van der Waals surface area contributed by atoms with Crippen LogP contribution in [0.3, 0.4) is 0 Å². The molecule has 4 rings (SSSR count). The second kappa shape index (κ2) is 6.61. The fourth-order valence-electron chi connectivity index (χ4n) is 2.79. The lowest BCUT2D eigenvalue weighted by Gasteiger charge is -2.38. The summed E-state index contributed by atoms with van der Waals surface area (Å²) in [5.41, 5.74) is 1.69. The zero-order valence-corrected chi connectivity index (χ0v) is 14.8. The molecule has 1 fully saturated rings. The van der Waals surface area contributed by atoms with Gasteiger partial charge in [-0.2, -0.15) is 0 Å². The molecular weight excluding hydrogens is 361 g/mol. The van der Waals surface area contributed by atoms with E-state index >= 15 is 0 Å². The fourth-order valence-corrected chi connectivity index (χ4v) is 4.00. The summed E-state index contributed by atoms with van der Waals surface area (Å²) in [6.45, 7) is 1.67. The van der Waals surface area contributed by atoms with E-state index < -0.39 is 0 Å². The Morgan fingerprint density at radius 1 is 1.32 bits per heavy atom. The van der Waals surface area contributed by atoms with Crippen LogP contribution in [-0.2, 0) is 11.3 Å². The van der Waals surface area contributed by atoms with Gasteiger partial charge in [0.25, 0.3) is 0 Å². The van der Waals surface area contributed by atoms with Gasteiger partial charge in [-0.3, -0.25) is 4.79 Å². The van der Waals surface area contributed by atoms with Crippen LogP contribution >= 0.6 is 22.9 Å². The van der Waals surface area contributed by atoms with Crippen LogP contribution in [0, 0.1) is 11.7 Å². The first-order valence-corrected chi connectivity index (χ1v) is 9.12. The quantitative estimate of drug-likeness (QED) is 0.753. The van der Waals surface area contributed by atoms with Crippen LogP contribution in [0.4, 0.5) is 9.52 Å². The standard InChI is InChI=1S/C18H15ClFN3OS/c19-14-4-2-1-3-11(14)8-21-17(24)12-9-23(10-12)18-22-15-6-5-13(20)7-16(15)25-18/h1-7,12H,8-10H2,(H,21,24). The van der Waals surface area contributed by atoms with Crippen LogP contribution in [0.1, 0.15) is 5.56 Å². The lowest BCUT2D eigenvalue weighted by molar-refractivity contribution is -0.125. The number of hydrogen-bond acceptors (Lipinski definition) is 4. The van der Waals surface area contributed by atoms with Crippen molar-refractivity contribution in [2.45, 2.75) is 6.54 Å². The van der Waals surface area contributed by atoms with Crippen LogP contribution in [-0.4, -0.2) is 24.0 Å². The topological polar surface area (TPSA) is 45.2 Å². The molecule has 1 amide bonds. The molecule has 0 radical (unpaired) electrons. The van der Waals surface area contributed by atoms with Gasteiger partial charge in [0.05, 0.1) is 16.1 Å². The summed E-state index contributed by atoms with van der Waals surface area (Å²) in [6, 6.07) is 12.0. The minimum absolute atomic E-state index is 0.0170. The predicted octanol–water partition coefficient (Wildman–Crippen LogP) is 3.84. The molecule has 1 aliphatic rings. The van der Waals surface area contributed by atoms with Crippen molar-refractivity contribution in [2.75, 3.05) is 18.0 Å². The van der Waals surface area contributed by atoms with E-state index in [-0.39, 0.29) is 17.6 Å². The molecule has 4 nitrogen and oxygen atoms in total. The molecule has 0 saturated carbocycles. The van der Waals surface area contributed by atoms with Crippen molar-refractivity contribution in [2.24, 2.45) is 5.92 Å². The maximum absolute atomic E-state index is 13.3. The third-order valence-electron chi connectivity index (χ3n) is 4.27. The molecule has 128 valence electrons. The molecule has 0 unspecified atom stereocenters. The molecule has 25 heavy (non-hydrogen) atoms. The van der Waals surface area contributed by atoms with Crippen LogP contribution in [0.15, 0.2) is 42.5 Å². The molecule has 0 spiro atoms. The third-order valence-corrected chi connectivity index (χ3v) is 5.72. The van der Waals surface area contributed by atoms with Crippen molar-refractivity contribution in [1.82, 2.24) is 10.3 Å². The van der Waals surface area contributed by atoms with Gasteiger partial charge in [-0.1, -0.05) is 41.1 Å². The highest BCUT2D eigenvalue weighted by Crippen LogP contribution is 2.33. The summed E-state index contributed by atoms with van der Waals surface area (Å²) in [6.07, 6.45) is 0. The molecule has 2 aromatic carbocycles. The molecule has 0 bridgehead atoms. The van der Waals surface area contributed by atoms with E-state index in [1.165, 1.54) is 23.5 Å². The first kappa shape index (κ1) is 16.3. The van der Waals surface area contributed by atoms with Crippen LogP contribution in [0.5, 0.6) is 0 Å². The molecule has 0 aliphatic carbocycles. The maximum atomic E-state index is 13.3. The van der Waals surface area contributed by atoms with E-state index in [9.17, 15) is 9.18 Å². The first-order valence-electron chi connectivity index (χ1n) is 7.92. The molecule has 1 N–H and O–H groups in total. The Balaban J connectivity index is 1.34. The summed E-state index contributed by atoms with van der Waals surface area (Å²) in [4.78, 5) is 18.8. The van der Waals surface area contributed by atoms with E-state index in [1.807, 2.05) is 29.2 Å². The maximum Gasteiger partial charge on any atom is 0.226 e. The predicted molar refractivity (Wildman–Crippen MR) is 98.6 cm³/mol. The highest BCUT2D eigenvalue weighted by molar-refractivity contribution is 7.22. The average Bonchev–Trinajstić information content (AvgIpc) is 2.95. The third kappa shape index (κ3) is 3.32. The second-order valence-corrected chi connectivity index (χ2v) is 7.44. The fraction of sp³-hybridized carbons (Fsp3) is 0.222. The van der Waals surface area contributed by atoms with Crippen molar-refractivity contribution in [3.8, 4) is 0 Å². The van der Waals surface area contributed by atoms with Gasteiger partial charge in [0, 0.05) is 24.7 Å². The number of thiazole rings is 1. The Morgan fingerprint density at radius 3 is 2.92 bits per heavy atom. The molecule has 2 heterocycles. The van der Waals surface area contributed by atoms with E-state index in [1.54, 1.807) is 6.07 Å². The van der Waals surface area contributed by atoms with Gasteiger partial charge >= 0.3 is 0 Å². The molecular formula is C18H15ClFN3OS. The van der Waals surface area contributed by atoms with Crippen molar-refractivity contribution in [3.05, 3.63) is 58.9 Å². The van der Waals surface area contributed by atoms with E-state index in [4.69, 9.17) is 11.6 Å². The van der Waals surface area contributed by atoms with E-state index in [2.05, 4.69) is 10.3 Å². The number of anilines is 1. The normalized spacial score (nSPS) is 14.6. The number of amides is 1. The average molecular weight is 376 g/mol. The Morgan fingerprint density at radius 2 is 2.12 bits per heavy atom. The lowest BCUT2D eigenvalue weighted by atomic mass is 10.00. The summed E-state index contributed by atoms with van der Waals surface area (Å²) in [5.74, 6) is -0.308. The number of fused-ring (bicyclic) bond motifs is 1. The Labute approximate surface area is 153 Å². The minimum Gasteiger partial charge on any atom is -0.352 e. The SMILES string of the molecule is O=C(NCc1ccccc1Cl)C1CN(c2nc3ccc(F)cc3s2)C1. The summed E-state index contributed by atoms with van der Waals surface area (Å²) in [5, 5.41) is 4.41. The van der Waals surface area contributed by atoms with Gasteiger partial charge in [0.1, 0.15) is 5.82 Å².